The van der Waals surface area contributed by atoms with Crippen molar-refractivity contribution in [3.8, 4) is 0 Å². The third-order valence-corrected chi connectivity index (χ3v) is 9.57. The van der Waals surface area contributed by atoms with Gasteiger partial charge < -0.3 is 28.8 Å². The predicted molar refractivity (Wildman–Crippen MR) is 111 cm³/mol. The number of ether oxygens (including phenoxy) is 5. The van der Waals surface area contributed by atoms with Crippen molar-refractivity contribution in [1.82, 2.24) is 0 Å². The van der Waals surface area contributed by atoms with Crippen molar-refractivity contribution in [3.05, 3.63) is 0 Å². The average molecular weight is 453 g/mol. The van der Waals surface area contributed by atoms with Crippen LogP contribution in [0.1, 0.15) is 59.8 Å². The van der Waals surface area contributed by atoms with Crippen LogP contribution in [-0.2, 0) is 33.3 Å². The van der Waals surface area contributed by atoms with Gasteiger partial charge in [-0.05, 0) is 43.9 Å². The Kier molecular flexibility index (Phi) is 5.40. The van der Waals surface area contributed by atoms with Crippen LogP contribution in [0.5, 0.6) is 0 Å². The SMILES string of the molecule is CC(=O)OC[C@@]12[C@@H](OC(C)=O)C[C@@H](C)[C@](C)([C@@H]3C[C@H]4CCO[C@H]4O3)[C@H]1CC[C@H](O)[C@]21CO1. The highest BCUT2D eigenvalue weighted by molar-refractivity contribution is 5.67. The molecule has 0 aromatic carbocycles. The van der Waals surface area contributed by atoms with E-state index >= 15 is 0 Å². The Labute approximate surface area is 189 Å². The molecule has 1 N–H and O–H groups in total. The number of hydrogen-bond donors (Lipinski definition) is 1. The van der Waals surface area contributed by atoms with Gasteiger partial charge in [-0.2, -0.15) is 0 Å². The number of carbonyl (C=O) groups excluding carboxylic acids is 2. The van der Waals surface area contributed by atoms with Gasteiger partial charge >= 0.3 is 11.9 Å². The first-order valence-electron chi connectivity index (χ1n) is 12.0. The Morgan fingerprint density at radius 3 is 2.50 bits per heavy atom. The summed E-state index contributed by atoms with van der Waals surface area (Å²) in [5, 5.41) is 11.1. The fourth-order valence-electron chi connectivity index (χ4n) is 7.76. The smallest absolute Gasteiger partial charge is 0.302 e. The van der Waals surface area contributed by atoms with Gasteiger partial charge in [0.1, 0.15) is 18.3 Å². The fraction of sp³-hybridized carbons (Fsp3) is 0.917. The minimum absolute atomic E-state index is 0.0150. The maximum atomic E-state index is 12.2. The summed E-state index contributed by atoms with van der Waals surface area (Å²) < 4.78 is 30.0. The molecule has 3 saturated heterocycles. The molecule has 2 saturated carbocycles. The molecule has 10 atom stereocenters. The van der Waals surface area contributed by atoms with Crippen LogP contribution in [0.3, 0.4) is 0 Å². The van der Waals surface area contributed by atoms with Gasteiger partial charge in [-0.1, -0.05) is 13.8 Å². The number of epoxide rings is 1. The minimum atomic E-state index is -0.877. The molecule has 8 nitrogen and oxygen atoms in total. The van der Waals surface area contributed by atoms with Gasteiger partial charge in [-0.15, -0.1) is 0 Å². The lowest BCUT2D eigenvalue weighted by molar-refractivity contribution is -0.268. The van der Waals surface area contributed by atoms with Crippen molar-refractivity contribution in [1.29, 1.82) is 0 Å². The normalized spacial score (nSPS) is 51.7. The van der Waals surface area contributed by atoms with E-state index in [0.29, 0.717) is 25.4 Å². The second-order valence-electron chi connectivity index (χ2n) is 10.9. The number of hydrogen-bond acceptors (Lipinski definition) is 8. The number of aliphatic hydroxyl groups is 1. The Bertz CT molecular complexity index is 768. The molecular formula is C24H36O8. The van der Waals surface area contributed by atoms with E-state index in [2.05, 4.69) is 13.8 Å². The Morgan fingerprint density at radius 1 is 1.12 bits per heavy atom. The lowest BCUT2D eigenvalue weighted by Gasteiger charge is -2.64. The molecule has 0 amide bonds. The van der Waals surface area contributed by atoms with Crippen LogP contribution in [-0.4, -0.2) is 67.1 Å². The summed E-state index contributed by atoms with van der Waals surface area (Å²) in [6, 6.07) is 0. The number of rotatable bonds is 4. The van der Waals surface area contributed by atoms with Crippen molar-refractivity contribution in [2.45, 2.75) is 90.0 Å². The third-order valence-electron chi connectivity index (χ3n) is 9.57. The maximum absolute atomic E-state index is 12.2. The largest absolute Gasteiger partial charge is 0.465 e. The highest BCUT2D eigenvalue weighted by Gasteiger charge is 2.79. The number of aliphatic hydroxyl groups excluding tert-OH is 1. The quantitative estimate of drug-likeness (QED) is 0.511. The summed E-state index contributed by atoms with van der Waals surface area (Å²) in [5.74, 6) is -0.189. The van der Waals surface area contributed by atoms with Crippen molar-refractivity contribution >= 4 is 11.9 Å². The molecule has 5 rings (SSSR count). The van der Waals surface area contributed by atoms with E-state index in [0.717, 1.165) is 25.9 Å². The average Bonchev–Trinajstić information content (AvgIpc) is 3.22. The molecule has 2 aliphatic carbocycles. The van der Waals surface area contributed by atoms with Gasteiger partial charge in [-0.3, -0.25) is 9.59 Å². The van der Waals surface area contributed by atoms with E-state index in [9.17, 15) is 14.7 Å². The van der Waals surface area contributed by atoms with Crippen LogP contribution < -0.4 is 0 Å². The minimum Gasteiger partial charge on any atom is -0.465 e. The molecule has 0 bridgehead atoms. The van der Waals surface area contributed by atoms with Crippen LogP contribution in [0.15, 0.2) is 0 Å². The van der Waals surface area contributed by atoms with Crippen LogP contribution in [0.4, 0.5) is 0 Å². The van der Waals surface area contributed by atoms with Crippen LogP contribution >= 0.6 is 0 Å². The maximum Gasteiger partial charge on any atom is 0.302 e. The summed E-state index contributed by atoms with van der Waals surface area (Å²) in [4.78, 5) is 24.1. The van der Waals surface area contributed by atoms with Gasteiger partial charge in [0, 0.05) is 25.2 Å². The van der Waals surface area contributed by atoms with E-state index < -0.39 is 29.2 Å². The van der Waals surface area contributed by atoms with Crippen molar-refractivity contribution in [2.24, 2.45) is 28.6 Å². The molecule has 0 unspecified atom stereocenters. The van der Waals surface area contributed by atoms with Gasteiger partial charge in [-0.25, -0.2) is 0 Å². The summed E-state index contributed by atoms with van der Waals surface area (Å²) in [6.45, 7) is 8.44. The molecule has 0 radical (unpaired) electrons. The zero-order valence-electron chi connectivity index (χ0n) is 19.5. The highest BCUT2D eigenvalue weighted by atomic mass is 16.7. The molecule has 5 aliphatic rings. The van der Waals surface area contributed by atoms with Crippen molar-refractivity contribution in [3.63, 3.8) is 0 Å². The third kappa shape index (κ3) is 3.02. The first-order chi connectivity index (χ1) is 15.1. The van der Waals surface area contributed by atoms with Crippen LogP contribution in [0.2, 0.25) is 0 Å². The first kappa shape index (κ1) is 22.6. The summed E-state index contributed by atoms with van der Waals surface area (Å²) >= 11 is 0. The molecule has 0 aromatic rings. The molecule has 1 spiro atoms. The van der Waals surface area contributed by atoms with Crippen LogP contribution in [0.25, 0.3) is 0 Å². The monoisotopic (exact) mass is 452 g/mol. The number of esters is 2. The van der Waals surface area contributed by atoms with Gasteiger partial charge in [0.25, 0.3) is 0 Å². The molecule has 3 heterocycles. The van der Waals surface area contributed by atoms with E-state index in [1.54, 1.807) is 0 Å². The summed E-state index contributed by atoms with van der Waals surface area (Å²) in [5.41, 5.74) is -1.98. The Balaban J connectivity index is 1.59. The van der Waals surface area contributed by atoms with E-state index in [1.165, 1.54) is 13.8 Å². The second-order valence-corrected chi connectivity index (χ2v) is 10.9. The van der Waals surface area contributed by atoms with Crippen LogP contribution in [0, 0.1) is 28.6 Å². The van der Waals surface area contributed by atoms with Crippen molar-refractivity contribution < 1.29 is 38.4 Å². The molecular weight excluding hydrogens is 416 g/mol. The number of fused-ring (bicyclic) bond motifs is 3. The molecule has 0 aromatic heterocycles. The number of carbonyl (C=O) groups is 2. The Morgan fingerprint density at radius 2 is 1.88 bits per heavy atom. The molecule has 180 valence electrons. The standard InChI is InChI=1S/C24H36O8/c1-13-9-20(31-15(3)26)23(11-29-14(2)25)17(5-6-18(27)24(23)12-30-24)22(13,4)19-10-16-7-8-28-21(16)32-19/h13,16-21,27H,5-12H2,1-4H3/t13-,16-,17-,18+,19+,20+,21+,22+,23+,24-/m1/s1. The first-order valence-corrected chi connectivity index (χ1v) is 12.0. The van der Waals surface area contributed by atoms with E-state index in [1.807, 2.05) is 0 Å². The zero-order chi connectivity index (χ0) is 22.9. The lowest BCUT2D eigenvalue weighted by Crippen LogP contribution is -2.71. The van der Waals surface area contributed by atoms with E-state index in [-0.39, 0.29) is 42.2 Å². The fourth-order valence-corrected chi connectivity index (χ4v) is 7.76. The summed E-state index contributed by atoms with van der Waals surface area (Å²) in [7, 11) is 0. The summed E-state index contributed by atoms with van der Waals surface area (Å²) in [6.07, 6.45) is 2.48. The topological polar surface area (TPSA) is 104 Å². The van der Waals surface area contributed by atoms with Gasteiger partial charge in [0.15, 0.2) is 6.29 Å². The molecule has 5 fully saturated rings. The van der Waals surface area contributed by atoms with Gasteiger partial charge in [0.05, 0.1) is 30.8 Å². The second kappa shape index (κ2) is 7.65. The Hall–Kier alpha value is -1.22. The van der Waals surface area contributed by atoms with E-state index in [4.69, 9.17) is 23.7 Å². The predicted octanol–water partition coefficient (Wildman–Crippen LogP) is 2.21. The lowest BCUT2D eigenvalue weighted by atomic mass is 9.42. The highest BCUT2D eigenvalue weighted by Crippen LogP contribution is 2.70. The van der Waals surface area contributed by atoms with Gasteiger partial charge in [0.2, 0.25) is 0 Å². The molecule has 3 aliphatic heterocycles. The van der Waals surface area contributed by atoms with Crippen molar-refractivity contribution in [2.75, 3.05) is 19.8 Å². The zero-order valence-corrected chi connectivity index (χ0v) is 19.5. The molecule has 32 heavy (non-hydrogen) atoms. The molecule has 8 heteroatoms.